The third-order valence-corrected chi connectivity index (χ3v) is 4.74. The quantitative estimate of drug-likeness (QED) is 0.929. The van der Waals surface area contributed by atoms with E-state index in [2.05, 4.69) is 57.3 Å². The highest BCUT2D eigenvalue weighted by Gasteiger charge is 2.36. The highest BCUT2D eigenvalue weighted by Crippen LogP contribution is 2.22. The molecule has 0 aliphatic carbocycles. The number of morpholine rings is 1. The van der Waals surface area contributed by atoms with Gasteiger partial charge >= 0.3 is 0 Å². The van der Waals surface area contributed by atoms with Crippen molar-refractivity contribution in [3.05, 3.63) is 47.8 Å². The normalized spacial score (nSPS) is 24.2. The van der Waals surface area contributed by atoms with Gasteiger partial charge in [-0.25, -0.2) is 4.68 Å². The Kier molecular flexibility index (Phi) is 5.02. The van der Waals surface area contributed by atoms with Gasteiger partial charge in [-0.15, -0.1) is 12.4 Å². The molecule has 6 heteroatoms. The molecule has 2 saturated heterocycles. The second kappa shape index (κ2) is 7.01. The average molecular weight is 335 g/mol. The molecule has 0 unspecified atom stereocenters. The lowest BCUT2D eigenvalue weighted by Gasteiger charge is -2.36. The van der Waals surface area contributed by atoms with E-state index in [1.807, 2.05) is 6.20 Å². The van der Waals surface area contributed by atoms with E-state index in [9.17, 15) is 0 Å². The maximum Gasteiger partial charge on any atom is 0.0867 e. The molecule has 0 radical (unpaired) electrons. The van der Waals surface area contributed by atoms with E-state index in [0.717, 1.165) is 38.5 Å². The number of aromatic nitrogens is 2. The van der Waals surface area contributed by atoms with Crippen LogP contribution >= 0.6 is 12.4 Å². The fourth-order valence-electron chi connectivity index (χ4n) is 3.54. The molecule has 0 spiro atoms. The number of hydrogen-bond donors (Lipinski definition) is 1. The molecule has 124 valence electrons. The monoisotopic (exact) mass is 334 g/mol. The lowest BCUT2D eigenvalue weighted by molar-refractivity contribution is -0.0506. The van der Waals surface area contributed by atoms with Gasteiger partial charge in [-0.1, -0.05) is 18.2 Å². The number of nitrogens with one attached hydrogen (secondary N) is 1. The number of para-hydroxylation sites is 1. The summed E-state index contributed by atoms with van der Waals surface area (Å²) in [6.07, 6.45) is 2.23. The zero-order chi connectivity index (χ0) is 14.9. The number of fused-ring (bicyclic) bond motifs is 1. The maximum atomic E-state index is 5.86. The molecule has 5 nitrogen and oxygen atoms in total. The maximum absolute atomic E-state index is 5.86. The van der Waals surface area contributed by atoms with Crippen LogP contribution < -0.4 is 5.32 Å². The molecule has 0 bridgehead atoms. The summed E-state index contributed by atoms with van der Waals surface area (Å²) < 4.78 is 7.93. The standard InChI is InChI=1S/C17H22N4O.ClH/c1-13-4-2-3-5-15(13)21-14(6-7-19-21)12-20-8-9-22-17-11-18-10-16(17)20;/h2-7,16-18H,8-12H2,1H3;1H/t16-,17+;/m1./s1. The van der Waals surface area contributed by atoms with Gasteiger partial charge in [0, 0.05) is 32.4 Å². The van der Waals surface area contributed by atoms with Crippen LogP contribution in [-0.4, -0.2) is 53.1 Å². The number of benzene rings is 1. The van der Waals surface area contributed by atoms with Crippen LogP contribution in [-0.2, 0) is 11.3 Å². The van der Waals surface area contributed by atoms with Gasteiger partial charge in [0.05, 0.1) is 30.1 Å². The van der Waals surface area contributed by atoms with E-state index in [1.165, 1.54) is 11.3 Å². The summed E-state index contributed by atoms with van der Waals surface area (Å²) in [4.78, 5) is 2.53. The summed E-state index contributed by atoms with van der Waals surface area (Å²) in [7, 11) is 0. The Balaban J connectivity index is 0.00000156. The molecule has 2 aliphatic heterocycles. The van der Waals surface area contributed by atoms with Crippen LogP contribution in [0.25, 0.3) is 5.69 Å². The Morgan fingerprint density at radius 2 is 2.13 bits per heavy atom. The number of rotatable bonds is 3. The third kappa shape index (κ3) is 3.15. The number of halogens is 1. The fraction of sp³-hybridized carbons (Fsp3) is 0.471. The Hall–Kier alpha value is -1.40. The van der Waals surface area contributed by atoms with Gasteiger partial charge in [-0.05, 0) is 24.6 Å². The second-order valence-corrected chi connectivity index (χ2v) is 6.13. The molecule has 0 saturated carbocycles. The molecule has 2 aromatic rings. The van der Waals surface area contributed by atoms with Gasteiger partial charge in [0.25, 0.3) is 0 Å². The first-order valence-corrected chi connectivity index (χ1v) is 7.98. The van der Waals surface area contributed by atoms with Crippen LogP contribution in [0.3, 0.4) is 0 Å². The first kappa shape index (κ1) is 16.5. The van der Waals surface area contributed by atoms with Gasteiger partial charge in [0.1, 0.15) is 0 Å². The van der Waals surface area contributed by atoms with Gasteiger partial charge in [-0.3, -0.25) is 4.90 Å². The number of ether oxygens (including phenoxy) is 1. The smallest absolute Gasteiger partial charge is 0.0867 e. The Bertz CT molecular complexity index is 660. The second-order valence-electron chi connectivity index (χ2n) is 6.13. The number of hydrogen-bond acceptors (Lipinski definition) is 4. The molecule has 2 atom stereocenters. The van der Waals surface area contributed by atoms with Gasteiger partial charge in [-0.2, -0.15) is 5.10 Å². The highest BCUT2D eigenvalue weighted by molar-refractivity contribution is 5.85. The summed E-state index contributed by atoms with van der Waals surface area (Å²) in [5, 5.41) is 7.98. The van der Waals surface area contributed by atoms with Crippen molar-refractivity contribution >= 4 is 12.4 Å². The minimum Gasteiger partial charge on any atom is -0.374 e. The van der Waals surface area contributed by atoms with E-state index in [4.69, 9.17) is 4.74 Å². The molecule has 1 aromatic heterocycles. The Morgan fingerprint density at radius 3 is 3.00 bits per heavy atom. The predicted molar refractivity (Wildman–Crippen MR) is 92.4 cm³/mol. The lowest BCUT2D eigenvalue weighted by atomic mass is 10.1. The van der Waals surface area contributed by atoms with Crippen LogP contribution in [0.1, 0.15) is 11.3 Å². The van der Waals surface area contributed by atoms with Crippen molar-refractivity contribution in [3.8, 4) is 5.69 Å². The van der Waals surface area contributed by atoms with Crippen molar-refractivity contribution in [2.45, 2.75) is 25.6 Å². The van der Waals surface area contributed by atoms with E-state index < -0.39 is 0 Å². The predicted octanol–water partition coefficient (Wildman–Crippen LogP) is 1.78. The minimum absolute atomic E-state index is 0. The Morgan fingerprint density at radius 1 is 1.26 bits per heavy atom. The zero-order valence-corrected chi connectivity index (χ0v) is 14.1. The molecular weight excluding hydrogens is 312 g/mol. The van der Waals surface area contributed by atoms with Gasteiger partial charge < -0.3 is 10.1 Å². The third-order valence-electron chi connectivity index (χ3n) is 4.74. The van der Waals surface area contributed by atoms with Crippen LogP contribution in [0, 0.1) is 6.92 Å². The summed E-state index contributed by atoms with van der Waals surface area (Å²) in [6.45, 7) is 6.84. The molecule has 2 aliphatic rings. The topological polar surface area (TPSA) is 42.3 Å². The van der Waals surface area contributed by atoms with Crippen LogP contribution in [0.4, 0.5) is 0 Å². The molecule has 2 fully saturated rings. The van der Waals surface area contributed by atoms with Crippen LogP contribution in [0.15, 0.2) is 36.5 Å². The minimum atomic E-state index is 0. The molecule has 1 aromatic carbocycles. The first-order chi connectivity index (χ1) is 10.8. The molecule has 1 N–H and O–H groups in total. The zero-order valence-electron chi connectivity index (χ0n) is 13.3. The van der Waals surface area contributed by atoms with Gasteiger partial charge in [0.2, 0.25) is 0 Å². The number of aryl methyl sites for hydroxylation is 1. The van der Waals surface area contributed by atoms with Crippen molar-refractivity contribution in [2.24, 2.45) is 0 Å². The molecule has 3 heterocycles. The number of nitrogens with zero attached hydrogens (tertiary/aromatic N) is 3. The Labute approximate surface area is 143 Å². The fourth-order valence-corrected chi connectivity index (χ4v) is 3.54. The van der Waals surface area contributed by atoms with Crippen molar-refractivity contribution < 1.29 is 4.74 Å². The summed E-state index contributed by atoms with van der Waals surface area (Å²) >= 11 is 0. The average Bonchev–Trinajstić information content (AvgIpc) is 3.17. The highest BCUT2D eigenvalue weighted by atomic mass is 35.5. The largest absolute Gasteiger partial charge is 0.374 e. The SMILES string of the molecule is Cc1ccccc1-n1nccc1CN1CCO[C@H]2CNC[C@H]21.Cl. The van der Waals surface area contributed by atoms with E-state index >= 15 is 0 Å². The van der Waals surface area contributed by atoms with Crippen LogP contribution in [0.5, 0.6) is 0 Å². The van der Waals surface area contributed by atoms with E-state index in [0.29, 0.717) is 12.1 Å². The van der Waals surface area contributed by atoms with E-state index in [1.54, 1.807) is 0 Å². The van der Waals surface area contributed by atoms with Crippen LogP contribution in [0.2, 0.25) is 0 Å². The molecular formula is C17H23ClN4O. The summed E-state index contributed by atoms with van der Waals surface area (Å²) in [5.74, 6) is 0. The lowest BCUT2D eigenvalue weighted by Crippen LogP contribution is -2.50. The summed E-state index contributed by atoms with van der Waals surface area (Å²) in [6, 6.07) is 11.0. The van der Waals surface area contributed by atoms with Crippen molar-refractivity contribution in [2.75, 3.05) is 26.2 Å². The summed E-state index contributed by atoms with van der Waals surface area (Å²) in [5.41, 5.74) is 3.65. The van der Waals surface area contributed by atoms with Crippen molar-refractivity contribution in [1.29, 1.82) is 0 Å². The molecule has 0 amide bonds. The van der Waals surface area contributed by atoms with E-state index in [-0.39, 0.29) is 12.4 Å². The van der Waals surface area contributed by atoms with Crippen molar-refractivity contribution in [3.63, 3.8) is 0 Å². The molecule has 23 heavy (non-hydrogen) atoms. The molecule has 4 rings (SSSR count). The van der Waals surface area contributed by atoms with Crippen molar-refractivity contribution in [1.82, 2.24) is 20.0 Å². The first-order valence-electron chi connectivity index (χ1n) is 7.98. The van der Waals surface area contributed by atoms with Gasteiger partial charge in [0.15, 0.2) is 0 Å².